The first kappa shape index (κ1) is 10.7. The van der Waals surface area contributed by atoms with E-state index in [-0.39, 0.29) is 0 Å². The van der Waals surface area contributed by atoms with E-state index in [0.29, 0.717) is 12.0 Å². The molecular formula is C8H13NO3. The molecule has 0 radical (unpaired) electrons. The van der Waals surface area contributed by atoms with Gasteiger partial charge >= 0.3 is 6.09 Å². The molecule has 0 heterocycles. The van der Waals surface area contributed by atoms with Crippen molar-refractivity contribution in [3.8, 4) is 0 Å². The van der Waals surface area contributed by atoms with Gasteiger partial charge in [-0.1, -0.05) is 19.9 Å². The number of nitrogens with one attached hydrogen (secondary N) is 1. The number of hydrogen-bond donors (Lipinski definition) is 1. The van der Waals surface area contributed by atoms with Gasteiger partial charge in [0.05, 0.1) is 7.11 Å². The molecule has 4 heteroatoms. The average Bonchev–Trinajstić information content (AvgIpc) is 2.04. The third-order valence-corrected chi connectivity index (χ3v) is 1.27. The molecule has 1 N–H and O–H groups in total. The molecular weight excluding hydrogens is 158 g/mol. The van der Waals surface area contributed by atoms with Crippen molar-refractivity contribution in [2.24, 2.45) is 0 Å². The maximum Gasteiger partial charge on any atom is 0.413 e. The summed E-state index contributed by atoms with van der Waals surface area (Å²) in [5.41, 5.74) is 0.392. The van der Waals surface area contributed by atoms with Crippen LogP contribution < -0.4 is 5.32 Å². The van der Waals surface area contributed by atoms with Gasteiger partial charge in [-0.15, -0.1) is 0 Å². The average molecular weight is 171 g/mol. The standard InChI is InChI=1S/C8H13NO3/c1-4-5-6(2)7(10)9-8(11)12-3/h2,4-5H2,1,3H3,(H,9,10,11). The zero-order chi connectivity index (χ0) is 9.56. The second-order valence-corrected chi connectivity index (χ2v) is 2.30. The van der Waals surface area contributed by atoms with Crippen LogP contribution in [0.5, 0.6) is 0 Å². The third kappa shape index (κ3) is 3.75. The van der Waals surface area contributed by atoms with Crippen molar-refractivity contribution in [3.63, 3.8) is 0 Å². The molecule has 0 aromatic heterocycles. The van der Waals surface area contributed by atoms with Crippen LogP contribution in [-0.2, 0) is 9.53 Å². The molecule has 0 rings (SSSR count). The lowest BCUT2D eigenvalue weighted by Crippen LogP contribution is -2.31. The van der Waals surface area contributed by atoms with Gasteiger partial charge in [-0.2, -0.15) is 0 Å². The van der Waals surface area contributed by atoms with Crippen LogP contribution >= 0.6 is 0 Å². The summed E-state index contributed by atoms with van der Waals surface area (Å²) in [6.45, 7) is 5.44. The monoisotopic (exact) mass is 171 g/mol. The summed E-state index contributed by atoms with van der Waals surface area (Å²) in [4.78, 5) is 21.5. The van der Waals surface area contributed by atoms with Gasteiger partial charge in [0.25, 0.3) is 5.91 Å². The first-order valence-electron chi connectivity index (χ1n) is 3.68. The summed E-state index contributed by atoms with van der Waals surface area (Å²) in [6, 6.07) is 0. The summed E-state index contributed by atoms with van der Waals surface area (Å²) < 4.78 is 4.24. The number of alkyl carbamates (subject to hydrolysis) is 1. The van der Waals surface area contributed by atoms with Crippen LogP contribution in [0.3, 0.4) is 0 Å². The van der Waals surface area contributed by atoms with Crippen LogP contribution in [0.15, 0.2) is 12.2 Å². The fourth-order valence-corrected chi connectivity index (χ4v) is 0.647. The quantitative estimate of drug-likeness (QED) is 0.649. The van der Waals surface area contributed by atoms with E-state index in [1.54, 1.807) is 0 Å². The van der Waals surface area contributed by atoms with E-state index < -0.39 is 12.0 Å². The van der Waals surface area contributed by atoms with Gasteiger partial charge < -0.3 is 4.74 Å². The molecule has 0 spiro atoms. The highest BCUT2D eigenvalue weighted by Gasteiger charge is 2.09. The first-order valence-corrected chi connectivity index (χ1v) is 3.68. The highest BCUT2D eigenvalue weighted by molar-refractivity contribution is 6.01. The lowest BCUT2D eigenvalue weighted by atomic mass is 10.2. The van der Waals surface area contributed by atoms with Crippen LogP contribution in [0.1, 0.15) is 19.8 Å². The second-order valence-electron chi connectivity index (χ2n) is 2.30. The van der Waals surface area contributed by atoms with E-state index in [1.807, 2.05) is 12.2 Å². The Morgan fingerprint density at radius 1 is 1.50 bits per heavy atom. The van der Waals surface area contributed by atoms with Crippen molar-refractivity contribution in [2.45, 2.75) is 19.8 Å². The molecule has 4 nitrogen and oxygen atoms in total. The lowest BCUT2D eigenvalue weighted by molar-refractivity contribution is -0.116. The molecule has 0 saturated heterocycles. The summed E-state index contributed by atoms with van der Waals surface area (Å²) >= 11 is 0. The topological polar surface area (TPSA) is 55.4 Å². The number of carbonyl (C=O) groups is 2. The molecule has 2 amide bonds. The van der Waals surface area contributed by atoms with Gasteiger partial charge in [-0.3, -0.25) is 10.1 Å². The SMILES string of the molecule is C=C(CCC)C(=O)NC(=O)OC. The van der Waals surface area contributed by atoms with Gasteiger partial charge in [0, 0.05) is 5.57 Å². The Labute approximate surface area is 71.6 Å². The molecule has 0 aliphatic heterocycles. The Morgan fingerprint density at radius 3 is 2.50 bits per heavy atom. The summed E-state index contributed by atoms with van der Waals surface area (Å²) in [5, 5.41) is 2.01. The van der Waals surface area contributed by atoms with E-state index in [0.717, 1.165) is 6.42 Å². The van der Waals surface area contributed by atoms with Crippen molar-refractivity contribution in [1.29, 1.82) is 0 Å². The smallest absolute Gasteiger partial charge is 0.413 e. The zero-order valence-corrected chi connectivity index (χ0v) is 7.35. The summed E-state index contributed by atoms with van der Waals surface area (Å²) in [7, 11) is 1.20. The zero-order valence-electron chi connectivity index (χ0n) is 7.35. The third-order valence-electron chi connectivity index (χ3n) is 1.27. The number of hydrogen-bond acceptors (Lipinski definition) is 3. The number of amides is 2. The Balaban J connectivity index is 3.87. The van der Waals surface area contributed by atoms with Crippen molar-refractivity contribution < 1.29 is 14.3 Å². The predicted octanol–water partition coefficient (Wildman–Crippen LogP) is 1.23. The van der Waals surface area contributed by atoms with E-state index >= 15 is 0 Å². The molecule has 0 aliphatic rings. The maximum absolute atomic E-state index is 11.0. The molecule has 0 fully saturated rings. The normalized spacial score (nSPS) is 8.83. The van der Waals surface area contributed by atoms with E-state index in [9.17, 15) is 9.59 Å². The number of imide groups is 1. The van der Waals surface area contributed by atoms with E-state index in [1.165, 1.54) is 7.11 Å². The van der Waals surface area contributed by atoms with Crippen LogP contribution in [0, 0.1) is 0 Å². The van der Waals surface area contributed by atoms with E-state index in [2.05, 4.69) is 11.3 Å². The lowest BCUT2D eigenvalue weighted by Gasteiger charge is -2.03. The maximum atomic E-state index is 11.0. The molecule has 68 valence electrons. The Bertz CT molecular complexity index is 198. The minimum absolute atomic E-state index is 0.392. The molecule has 0 aliphatic carbocycles. The number of rotatable bonds is 3. The minimum atomic E-state index is -0.753. The van der Waals surface area contributed by atoms with Gasteiger partial charge in [0.1, 0.15) is 0 Å². The van der Waals surface area contributed by atoms with Crippen molar-refractivity contribution >= 4 is 12.0 Å². The van der Waals surface area contributed by atoms with Crippen LogP contribution in [-0.4, -0.2) is 19.1 Å². The molecule has 0 unspecified atom stereocenters. The molecule has 0 saturated carbocycles. The van der Waals surface area contributed by atoms with Crippen molar-refractivity contribution in [2.75, 3.05) is 7.11 Å². The van der Waals surface area contributed by atoms with Gasteiger partial charge in [-0.25, -0.2) is 4.79 Å². The highest BCUT2D eigenvalue weighted by atomic mass is 16.5. The van der Waals surface area contributed by atoms with Crippen molar-refractivity contribution in [3.05, 3.63) is 12.2 Å². The number of methoxy groups -OCH3 is 1. The fourth-order valence-electron chi connectivity index (χ4n) is 0.647. The summed E-state index contributed by atoms with van der Waals surface area (Å²) in [6.07, 6.45) is 0.660. The van der Waals surface area contributed by atoms with Gasteiger partial charge in [0.2, 0.25) is 0 Å². The molecule has 0 aromatic carbocycles. The van der Waals surface area contributed by atoms with Crippen LogP contribution in [0.2, 0.25) is 0 Å². The predicted molar refractivity (Wildman–Crippen MR) is 44.6 cm³/mol. The highest BCUT2D eigenvalue weighted by Crippen LogP contribution is 2.00. The minimum Gasteiger partial charge on any atom is -0.453 e. The Hall–Kier alpha value is -1.32. The molecule has 0 aromatic rings. The summed E-state index contributed by atoms with van der Waals surface area (Å²) in [5.74, 6) is -0.469. The largest absolute Gasteiger partial charge is 0.453 e. The molecule has 0 atom stereocenters. The van der Waals surface area contributed by atoms with Crippen LogP contribution in [0.4, 0.5) is 4.79 Å². The van der Waals surface area contributed by atoms with Crippen molar-refractivity contribution in [1.82, 2.24) is 5.32 Å². The molecule has 12 heavy (non-hydrogen) atoms. The fraction of sp³-hybridized carbons (Fsp3) is 0.500. The molecule has 0 bridgehead atoms. The number of carbonyl (C=O) groups excluding carboxylic acids is 2. The Morgan fingerprint density at radius 2 is 2.08 bits per heavy atom. The van der Waals surface area contributed by atoms with Gasteiger partial charge in [0.15, 0.2) is 0 Å². The number of ether oxygens (including phenoxy) is 1. The van der Waals surface area contributed by atoms with Gasteiger partial charge in [-0.05, 0) is 6.42 Å². The van der Waals surface area contributed by atoms with Crippen LogP contribution in [0.25, 0.3) is 0 Å². The first-order chi connectivity index (χ1) is 5.61. The van der Waals surface area contributed by atoms with E-state index in [4.69, 9.17) is 0 Å². The Kier molecular flexibility index (Phi) is 4.76. The second kappa shape index (κ2) is 5.35.